The second kappa shape index (κ2) is 6.26. The number of halogens is 1. The molecule has 19 heavy (non-hydrogen) atoms. The number of ether oxygens (including phenoxy) is 1. The van der Waals surface area contributed by atoms with Gasteiger partial charge in [-0.1, -0.05) is 23.7 Å². The number of para-hydroxylation sites is 1. The third-order valence-electron chi connectivity index (χ3n) is 3.30. The van der Waals surface area contributed by atoms with Gasteiger partial charge in [0.2, 0.25) is 0 Å². The SMILES string of the molecule is C[C@@H](Oc1ccccc1Cl)C(=O)N1CCN(C)CC1. The van der Waals surface area contributed by atoms with Crippen LogP contribution in [0.4, 0.5) is 0 Å². The van der Waals surface area contributed by atoms with E-state index in [0.717, 1.165) is 26.2 Å². The Kier molecular flexibility index (Phi) is 4.66. The number of carbonyl (C=O) groups excluding carboxylic acids is 1. The van der Waals surface area contributed by atoms with Crippen LogP contribution in [-0.4, -0.2) is 55.0 Å². The smallest absolute Gasteiger partial charge is 0.263 e. The van der Waals surface area contributed by atoms with Gasteiger partial charge in [-0.3, -0.25) is 4.79 Å². The molecule has 0 radical (unpaired) electrons. The summed E-state index contributed by atoms with van der Waals surface area (Å²) in [5.41, 5.74) is 0. The van der Waals surface area contributed by atoms with E-state index >= 15 is 0 Å². The van der Waals surface area contributed by atoms with Gasteiger partial charge in [-0.15, -0.1) is 0 Å². The van der Waals surface area contributed by atoms with E-state index in [2.05, 4.69) is 11.9 Å². The van der Waals surface area contributed by atoms with Gasteiger partial charge in [0.1, 0.15) is 5.75 Å². The monoisotopic (exact) mass is 282 g/mol. The molecule has 5 heteroatoms. The number of rotatable bonds is 3. The number of likely N-dealkylation sites (N-methyl/N-ethyl adjacent to an activating group) is 1. The standard InChI is InChI=1S/C14H19ClN2O2/c1-11(19-13-6-4-3-5-12(13)15)14(18)17-9-7-16(2)8-10-17/h3-6,11H,7-10H2,1-2H3/t11-/m1/s1. The third kappa shape index (κ3) is 3.61. The van der Waals surface area contributed by atoms with E-state index in [4.69, 9.17) is 16.3 Å². The molecular weight excluding hydrogens is 264 g/mol. The van der Waals surface area contributed by atoms with Crippen LogP contribution in [-0.2, 0) is 4.79 Å². The molecule has 1 heterocycles. The number of hydrogen-bond acceptors (Lipinski definition) is 3. The summed E-state index contributed by atoms with van der Waals surface area (Å²) in [5, 5.41) is 0.528. The van der Waals surface area contributed by atoms with Gasteiger partial charge in [-0.05, 0) is 26.1 Å². The van der Waals surface area contributed by atoms with E-state index in [1.807, 2.05) is 17.0 Å². The van der Waals surface area contributed by atoms with Crippen molar-refractivity contribution in [1.29, 1.82) is 0 Å². The minimum absolute atomic E-state index is 0.0213. The van der Waals surface area contributed by atoms with Gasteiger partial charge in [0.25, 0.3) is 5.91 Å². The highest BCUT2D eigenvalue weighted by Gasteiger charge is 2.25. The minimum Gasteiger partial charge on any atom is -0.479 e. The Balaban J connectivity index is 1.94. The quantitative estimate of drug-likeness (QED) is 0.849. The van der Waals surface area contributed by atoms with Crippen LogP contribution in [0.15, 0.2) is 24.3 Å². The number of nitrogens with zero attached hydrogens (tertiary/aromatic N) is 2. The van der Waals surface area contributed by atoms with E-state index in [9.17, 15) is 4.79 Å². The lowest BCUT2D eigenvalue weighted by Gasteiger charge is -2.33. The zero-order valence-corrected chi connectivity index (χ0v) is 12.1. The predicted octanol–water partition coefficient (Wildman–Crippen LogP) is 1.88. The molecule has 1 saturated heterocycles. The Morgan fingerprint density at radius 2 is 1.89 bits per heavy atom. The van der Waals surface area contributed by atoms with E-state index in [1.54, 1.807) is 19.1 Å². The highest BCUT2D eigenvalue weighted by molar-refractivity contribution is 6.32. The lowest BCUT2D eigenvalue weighted by molar-refractivity contribution is -0.139. The van der Waals surface area contributed by atoms with Gasteiger partial charge in [0, 0.05) is 26.2 Å². The molecule has 0 aliphatic carbocycles. The molecule has 1 fully saturated rings. The average molecular weight is 283 g/mol. The number of piperazine rings is 1. The summed E-state index contributed by atoms with van der Waals surface area (Å²) in [6.45, 7) is 5.09. The van der Waals surface area contributed by atoms with Crippen molar-refractivity contribution >= 4 is 17.5 Å². The molecular formula is C14H19ClN2O2. The first-order valence-electron chi connectivity index (χ1n) is 6.46. The molecule has 104 valence electrons. The summed E-state index contributed by atoms with van der Waals surface area (Å²) in [4.78, 5) is 16.3. The van der Waals surface area contributed by atoms with Crippen molar-refractivity contribution in [1.82, 2.24) is 9.80 Å². The molecule has 4 nitrogen and oxygen atoms in total. The molecule has 1 aliphatic rings. The van der Waals surface area contributed by atoms with Crippen LogP contribution >= 0.6 is 11.6 Å². The van der Waals surface area contributed by atoms with E-state index in [1.165, 1.54) is 0 Å². The van der Waals surface area contributed by atoms with Gasteiger partial charge in [0.15, 0.2) is 6.10 Å². The average Bonchev–Trinajstić information content (AvgIpc) is 2.41. The largest absolute Gasteiger partial charge is 0.479 e. The molecule has 1 atom stereocenters. The Bertz CT molecular complexity index is 445. The molecule has 1 aliphatic heterocycles. The highest BCUT2D eigenvalue weighted by Crippen LogP contribution is 2.24. The van der Waals surface area contributed by atoms with Crippen LogP contribution < -0.4 is 4.74 Å². The first-order valence-corrected chi connectivity index (χ1v) is 6.84. The maximum Gasteiger partial charge on any atom is 0.263 e. The lowest BCUT2D eigenvalue weighted by Crippen LogP contribution is -2.50. The number of amides is 1. The van der Waals surface area contributed by atoms with Crippen LogP contribution in [0.2, 0.25) is 5.02 Å². The first-order chi connectivity index (χ1) is 9.08. The van der Waals surface area contributed by atoms with Crippen LogP contribution in [0, 0.1) is 0 Å². The van der Waals surface area contributed by atoms with Gasteiger partial charge in [0.05, 0.1) is 5.02 Å². The Morgan fingerprint density at radius 3 is 2.53 bits per heavy atom. The normalized spacial score (nSPS) is 18.2. The van der Waals surface area contributed by atoms with Crippen LogP contribution in [0.5, 0.6) is 5.75 Å². The zero-order valence-electron chi connectivity index (χ0n) is 11.3. The summed E-state index contributed by atoms with van der Waals surface area (Å²) < 4.78 is 5.65. The fourth-order valence-corrected chi connectivity index (χ4v) is 2.25. The third-order valence-corrected chi connectivity index (χ3v) is 3.62. The molecule has 0 aromatic heterocycles. The number of hydrogen-bond donors (Lipinski definition) is 0. The topological polar surface area (TPSA) is 32.8 Å². The second-order valence-corrected chi connectivity index (χ2v) is 5.23. The van der Waals surface area contributed by atoms with Crippen molar-refractivity contribution < 1.29 is 9.53 Å². The molecule has 1 aromatic rings. The molecule has 1 aromatic carbocycles. The van der Waals surface area contributed by atoms with Crippen LogP contribution in [0.3, 0.4) is 0 Å². The summed E-state index contributed by atoms with van der Waals surface area (Å²) in [7, 11) is 2.06. The Morgan fingerprint density at radius 1 is 1.26 bits per heavy atom. The second-order valence-electron chi connectivity index (χ2n) is 4.82. The molecule has 0 bridgehead atoms. The first kappa shape index (κ1) is 14.2. The number of benzene rings is 1. The fraction of sp³-hybridized carbons (Fsp3) is 0.500. The highest BCUT2D eigenvalue weighted by atomic mass is 35.5. The van der Waals surface area contributed by atoms with Gasteiger partial charge in [-0.25, -0.2) is 0 Å². The molecule has 2 rings (SSSR count). The summed E-state index contributed by atoms with van der Waals surface area (Å²) in [6, 6.07) is 7.20. The van der Waals surface area contributed by atoms with Gasteiger partial charge < -0.3 is 14.5 Å². The molecule has 1 amide bonds. The maximum absolute atomic E-state index is 12.3. The van der Waals surface area contributed by atoms with Crippen molar-refractivity contribution in [3.63, 3.8) is 0 Å². The van der Waals surface area contributed by atoms with Crippen LogP contribution in [0.25, 0.3) is 0 Å². The Labute approximate surface area is 118 Å². The lowest BCUT2D eigenvalue weighted by atomic mass is 10.2. The van der Waals surface area contributed by atoms with Crippen molar-refractivity contribution in [3.05, 3.63) is 29.3 Å². The molecule has 0 unspecified atom stereocenters. The van der Waals surface area contributed by atoms with E-state index in [-0.39, 0.29) is 5.91 Å². The minimum atomic E-state index is -0.511. The molecule has 0 spiro atoms. The summed E-state index contributed by atoms with van der Waals surface area (Å²) in [6.07, 6.45) is -0.511. The van der Waals surface area contributed by atoms with E-state index in [0.29, 0.717) is 10.8 Å². The Hall–Kier alpha value is -1.26. The van der Waals surface area contributed by atoms with E-state index < -0.39 is 6.10 Å². The maximum atomic E-state index is 12.3. The van der Waals surface area contributed by atoms with Gasteiger partial charge in [-0.2, -0.15) is 0 Å². The molecule has 0 saturated carbocycles. The van der Waals surface area contributed by atoms with Crippen LogP contribution in [0.1, 0.15) is 6.92 Å². The number of carbonyl (C=O) groups is 1. The summed E-state index contributed by atoms with van der Waals surface area (Å²) in [5.74, 6) is 0.576. The predicted molar refractivity (Wildman–Crippen MR) is 75.6 cm³/mol. The summed E-state index contributed by atoms with van der Waals surface area (Å²) >= 11 is 6.02. The zero-order chi connectivity index (χ0) is 13.8. The van der Waals surface area contributed by atoms with Crippen molar-refractivity contribution in [2.45, 2.75) is 13.0 Å². The fourth-order valence-electron chi connectivity index (χ4n) is 2.07. The van der Waals surface area contributed by atoms with Gasteiger partial charge >= 0.3 is 0 Å². The van der Waals surface area contributed by atoms with Crippen molar-refractivity contribution in [3.8, 4) is 5.75 Å². The van der Waals surface area contributed by atoms with Crippen molar-refractivity contribution in [2.24, 2.45) is 0 Å². The van der Waals surface area contributed by atoms with Crippen molar-refractivity contribution in [2.75, 3.05) is 33.2 Å². The molecule has 0 N–H and O–H groups in total.